The number of aliphatic hydroxyl groups is 2. The molecule has 17 heavy (non-hydrogen) atoms. The Morgan fingerprint density at radius 1 is 0.882 bits per heavy atom. The number of hydrogen-bond acceptors (Lipinski definition) is 8. The van der Waals surface area contributed by atoms with Crippen molar-refractivity contribution in [1.82, 2.24) is 0 Å². The van der Waals surface area contributed by atoms with E-state index in [1.807, 2.05) is 0 Å². The van der Waals surface area contributed by atoms with Gasteiger partial charge in [0.25, 0.3) is 0 Å². The smallest absolute Gasteiger partial charge is 0.748 e. The third-order valence-corrected chi connectivity index (χ3v) is 2.67. The average molecular weight is 344 g/mol. The minimum absolute atomic E-state index is 0. The van der Waals surface area contributed by atoms with Gasteiger partial charge in [0.15, 0.2) is 0 Å². The molecule has 11 heteroatoms. The third-order valence-electron chi connectivity index (χ3n) is 0.891. The van der Waals surface area contributed by atoms with Crippen LogP contribution >= 0.6 is 0 Å². The first kappa shape index (κ1) is 22.5. The molecular weight excluding hydrogens is 330 g/mol. The van der Waals surface area contributed by atoms with Gasteiger partial charge in [-0.15, -0.1) is 0 Å². The molecule has 0 fully saturated rings. The van der Waals surface area contributed by atoms with E-state index in [9.17, 15) is 25.9 Å². The summed E-state index contributed by atoms with van der Waals surface area (Å²) in [6.45, 7) is 2.49. The van der Waals surface area contributed by atoms with E-state index < -0.39 is 43.9 Å². The summed E-state index contributed by atoms with van der Waals surface area (Å²) in [4.78, 5) is 0. The van der Waals surface area contributed by atoms with Gasteiger partial charge in [0.1, 0.15) is 0 Å². The van der Waals surface area contributed by atoms with Crippen LogP contribution in [0.3, 0.4) is 0 Å². The van der Waals surface area contributed by atoms with Crippen LogP contribution in [0.15, 0.2) is 0 Å². The van der Waals surface area contributed by atoms with Crippen LogP contribution in [0.4, 0.5) is 0 Å². The summed E-state index contributed by atoms with van der Waals surface area (Å²) in [6, 6.07) is 0. The van der Waals surface area contributed by atoms with Crippen LogP contribution in [0.2, 0.25) is 0 Å². The molecule has 0 spiro atoms. The van der Waals surface area contributed by atoms with Gasteiger partial charge in [-0.25, -0.2) is 16.8 Å². The second-order valence-corrected chi connectivity index (χ2v) is 6.04. The Bertz CT molecular complexity index is 333. The molecule has 0 saturated heterocycles. The molecule has 0 heterocycles. The van der Waals surface area contributed by atoms with Crippen LogP contribution in [-0.2, 0) is 39.7 Å². The fraction of sp³-hybridized carbons (Fsp3) is 1.00. The molecule has 0 aliphatic heterocycles. The molecule has 2 N–H and O–H groups in total. The van der Waals surface area contributed by atoms with E-state index in [2.05, 4.69) is 0 Å². The standard InChI is InChI=1S/2C3H8O4S.Zn/c2*1-3(4)2-8(5,6)7;/h2*3-4H,2H2,1H3,(H,5,6,7);/q;;+2/p-2. The zero-order valence-electron chi connectivity index (χ0n) is 9.44. The Labute approximate surface area is 113 Å². The molecular formula is C6H14O8S2Zn. The maximum absolute atomic E-state index is 9.73. The maximum atomic E-state index is 9.73. The molecule has 0 aromatic heterocycles. The molecule has 100 valence electrons. The number of aliphatic hydroxyl groups excluding tert-OH is 2. The summed E-state index contributed by atoms with van der Waals surface area (Å²) >= 11 is 0. The van der Waals surface area contributed by atoms with Crippen molar-refractivity contribution in [2.24, 2.45) is 0 Å². The summed E-state index contributed by atoms with van der Waals surface area (Å²) in [5.74, 6) is -1.40. The van der Waals surface area contributed by atoms with Gasteiger partial charge in [-0.05, 0) is 13.8 Å². The number of hydrogen-bond donors (Lipinski definition) is 2. The minimum atomic E-state index is -4.22. The van der Waals surface area contributed by atoms with Crippen LogP contribution in [0, 0.1) is 0 Å². The van der Waals surface area contributed by atoms with E-state index in [1.165, 1.54) is 13.8 Å². The Morgan fingerprint density at radius 3 is 1.06 bits per heavy atom. The summed E-state index contributed by atoms with van der Waals surface area (Å²) in [5, 5.41) is 16.6. The second kappa shape index (κ2) is 9.31. The SMILES string of the molecule is CC(O)CS(=O)(=O)[O-].CC(O)CS(=O)(=O)[O-].[Zn+2]. The van der Waals surface area contributed by atoms with Gasteiger partial charge in [-0.2, -0.15) is 0 Å². The van der Waals surface area contributed by atoms with Crippen LogP contribution in [-0.4, -0.2) is 59.9 Å². The molecule has 0 aromatic carbocycles. The van der Waals surface area contributed by atoms with Crippen LogP contribution in [0.1, 0.15) is 13.8 Å². The van der Waals surface area contributed by atoms with Crippen molar-refractivity contribution in [3.05, 3.63) is 0 Å². The normalized spacial score (nSPS) is 14.9. The molecule has 0 amide bonds. The average Bonchev–Trinajstić information content (AvgIpc) is 1.72. The maximum Gasteiger partial charge on any atom is 2.00 e. The van der Waals surface area contributed by atoms with Gasteiger partial charge in [0.2, 0.25) is 0 Å². The molecule has 0 bridgehead atoms. The molecule has 0 aliphatic rings. The molecule has 2 atom stereocenters. The van der Waals surface area contributed by atoms with Crippen molar-refractivity contribution in [3.63, 3.8) is 0 Å². The fourth-order valence-corrected chi connectivity index (χ4v) is 1.77. The van der Waals surface area contributed by atoms with Gasteiger partial charge in [0, 0.05) is 0 Å². The van der Waals surface area contributed by atoms with Crippen molar-refractivity contribution < 1.29 is 55.6 Å². The van der Waals surface area contributed by atoms with E-state index in [1.54, 1.807) is 0 Å². The quantitative estimate of drug-likeness (QED) is 0.431. The van der Waals surface area contributed by atoms with Gasteiger partial charge >= 0.3 is 19.5 Å². The van der Waals surface area contributed by atoms with E-state index in [4.69, 9.17) is 10.2 Å². The monoisotopic (exact) mass is 342 g/mol. The van der Waals surface area contributed by atoms with Gasteiger partial charge in [-0.3, -0.25) is 0 Å². The first-order valence-electron chi connectivity index (χ1n) is 4.06. The summed E-state index contributed by atoms with van der Waals surface area (Å²) in [6.07, 6.45) is -2.12. The molecule has 2 unspecified atom stereocenters. The largest absolute Gasteiger partial charge is 2.00 e. The Morgan fingerprint density at radius 2 is 1.06 bits per heavy atom. The zero-order valence-corrected chi connectivity index (χ0v) is 14.0. The molecule has 0 aliphatic carbocycles. The zero-order chi connectivity index (χ0) is 13.6. The van der Waals surface area contributed by atoms with Crippen molar-refractivity contribution >= 4 is 20.2 Å². The Kier molecular flexibility index (Phi) is 12.3. The van der Waals surface area contributed by atoms with Crippen molar-refractivity contribution in [2.75, 3.05) is 11.5 Å². The van der Waals surface area contributed by atoms with Crippen LogP contribution in [0.25, 0.3) is 0 Å². The molecule has 0 saturated carbocycles. The van der Waals surface area contributed by atoms with E-state index in [0.29, 0.717) is 0 Å². The summed E-state index contributed by atoms with van der Waals surface area (Å²) < 4.78 is 58.4. The van der Waals surface area contributed by atoms with Gasteiger partial charge in [0.05, 0.1) is 43.9 Å². The Hall–Kier alpha value is 0.363. The summed E-state index contributed by atoms with van der Waals surface area (Å²) in [5.41, 5.74) is 0. The molecule has 0 aromatic rings. The van der Waals surface area contributed by atoms with Gasteiger partial charge in [-0.1, -0.05) is 0 Å². The van der Waals surface area contributed by atoms with Crippen molar-refractivity contribution in [1.29, 1.82) is 0 Å². The molecule has 0 rings (SSSR count). The first-order chi connectivity index (χ1) is 6.83. The predicted octanol–water partition coefficient (Wildman–Crippen LogP) is -2.18. The van der Waals surface area contributed by atoms with Crippen LogP contribution in [0.5, 0.6) is 0 Å². The van der Waals surface area contributed by atoms with Crippen molar-refractivity contribution in [2.45, 2.75) is 26.1 Å². The molecule has 0 radical (unpaired) electrons. The van der Waals surface area contributed by atoms with E-state index in [0.717, 1.165) is 0 Å². The molecule has 8 nitrogen and oxygen atoms in total. The second-order valence-electron chi connectivity index (χ2n) is 3.15. The third kappa shape index (κ3) is 31.4. The first-order valence-corrected chi connectivity index (χ1v) is 7.22. The van der Waals surface area contributed by atoms with Gasteiger partial charge < -0.3 is 19.3 Å². The van der Waals surface area contributed by atoms with Crippen LogP contribution < -0.4 is 0 Å². The summed E-state index contributed by atoms with van der Waals surface area (Å²) in [7, 11) is -8.45. The Balaban J connectivity index is -0.000000218. The fourth-order valence-electron chi connectivity index (χ4n) is 0.591. The van der Waals surface area contributed by atoms with E-state index in [-0.39, 0.29) is 19.5 Å². The van der Waals surface area contributed by atoms with Crippen molar-refractivity contribution in [3.8, 4) is 0 Å². The van der Waals surface area contributed by atoms with E-state index >= 15 is 0 Å². The predicted molar refractivity (Wildman–Crippen MR) is 52.5 cm³/mol. The topological polar surface area (TPSA) is 155 Å². The number of rotatable bonds is 4. The minimum Gasteiger partial charge on any atom is -0.748 e.